The molecule has 0 radical (unpaired) electrons. The van der Waals surface area contributed by atoms with Crippen molar-refractivity contribution in [1.82, 2.24) is 9.88 Å². The molecule has 1 fully saturated rings. The van der Waals surface area contributed by atoms with E-state index in [9.17, 15) is 14.7 Å². The summed E-state index contributed by atoms with van der Waals surface area (Å²) in [6, 6.07) is 7.59. The molecule has 27 heavy (non-hydrogen) atoms. The zero-order chi connectivity index (χ0) is 19.0. The van der Waals surface area contributed by atoms with Gasteiger partial charge in [-0.1, -0.05) is 18.2 Å². The Morgan fingerprint density at radius 3 is 2.96 bits per heavy atom. The smallest absolute Gasteiger partial charge is 0.312 e. The van der Waals surface area contributed by atoms with E-state index in [1.807, 2.05) is 31.2 Å². The van der Waals surface area contributed by atoms with Gasteiger partial charge in [0.25, 0.3) is 0 Å². The van der Waals surface area contributed by atoms with Gasteiger partial charge < -0.3 is 14.7 Å². The number of carboxylic acids is 1. The molecule has 0 bridgehead atoms. The van der Waals surface area contributed by atoms with Gasteiger partial charge in [0.05, 0.1) is 23.2 Å². The fraction of sp³-hybridized carbons (Fsp3) is 0.450. The molecule has 1 aromatic heterocycles. The number of carboxylic acid groups (broad SMARTS) is 1. The average molecular weight is 386 g/mol. The van der Waals surface area contributed by atoms with Gasteiger partial charge in [-0.2, -0.15) is 0 Å². The van der Waals surface area contributed by atoms with Crippen molar-refractivity contribution in [3.8, 4) is 5.75 Å². The largest absolute Gasteiger partial charge is 0.493 e. The van der Waals surface area contributed by atoms with Crippen LogP contribution in [-0.2, 0) is 22.4 Å². The SMILES string of the molecule is Cc1ncsc1CCC(=O)N1C[C@@H]2COc3ccccc3C[C@]2(C(=O)O)C1. The molecular formula is C20H22N2O4S. The first-order valence-electron chi connectivity index (χ1n) is 9.10. The average Bonchev–Trinajstić information content (AvgIpc) is 3.19. The summed E-state index contributed by atoms with van der Waals surface area (Å²) in [6.07, 6.45) is 1.42. The minimum Gasteiger partial charge on any atom is -0.493 e. The Balaban J connectivity index is 1.52. The van der Waals surface area contributed by atoms with E-state index in [0.717, 1.165) is 21.9 Å². The number of aryl methyl sites for hydroxylation is 2. The zero-order valence-electron chi connectivity index (χ0n) is 15.2. The number of nitrogens with zero attached hydrogens (tertiary/aromatic N) is 2. The molecule has 0 aliphatic carbocycles. The summed E-state index contributed by atoms with van der Waals surface area (Å²) in [5, 5.41) is 10.1. The number of rotatable bonds is 4. The third-order valence-corrected chi connectivity index (χ3v) is 6.80. The Bertz CT molecular complexity index is 880. The van der Waals surface area contributed by atoms with Crippen molar-refractivity contribution in [2.24, 2.45) is 11.3 Å². The number of amides is 1. The van der Waals surface area contributed by atoms with Crippen molar-refractivity contribution < 1.29 is 19.4 Å². The summed E-state index contributed by atoms with van der Waals surface area (Å²) in [5.41, 5.74) is 2.67. The van der Waals surface area contributed by atoms with Crippen molar-refractivity contribution in [2.75, 3.05) is 19.7 Å². The standard InChI is InChI=1S/C20H22N2O4S/c1-13-17(27-12-21-13)6-7-18(23)22-9-15-10-26-16-5-3-2-4-14(16)8-20(15,11-22)19(24)25/h2-5,12,15H,6-11H2,1H3,(H,24,25)/t15-,20+/m1/s1. The van der Waals surface area contributed by atoms with Gasteiger partial charge in [0.2, 0.25) is 5.91 Å². The number of hydrogen-bond acceptors (Lipinski definition) is 5. The topological polar surface area (TPSA) is 79.7 Å². The third kappa shape index (κ3) is 3.20. The lowest BCUT2D eigenvalue weighted by molar-refractivity contribution is -0.151. The molecule has 6 nitrogen and oxygen atoms in total. The van der Waals surface area contributed by atoms with E-state index >= 15 is 0 Å². The molecule has 4 rings (SSSR count). The van der Waals surface area contributed by atoms with Crippen LogP contribution < -0.4 is 4.74 Å². The first-order chi connectivity index (χ1) is 13.0. The molecular weight excluding hydrogens is 364 g/mol. The summed E-state index contributed by atoms with van der Waals surface area (Å²) in [6.45, 7) is 2.94. The predicted molar refractivity (Wildman–Crippen MR) is 101 cm³/mol. The van der Waals surface area contributed by atoms with E-state index < -0.39 is 11.4 Å². The van der Waals surface area contributed by atoms with Crippen molar-refractivity contribution >= 4 is 23.2 Å². The number of hydrogen-bond donors (Lipinski definition) is 1. The fourth-order valence-corrected chi connectivity index (χ4v) is 4.94. The number of benzene rings is 1. The molecule has 7 heteroatoms. The summed E-state index contributed by atoms with van der Waals surface area (Å²) in [7, 11) is 0. The van der Waals surface area contributed by atoms with Gasteiger partial charge >= 0.3 is 5.97 Å². The van der Waals surface area contributed by atoms with Gasteiger partial charge in [-0.05, 0) is 31.4 Å². The number of carbonyl (C=O) groups excluding carboxylic acids is 1. The lowest BCUT2D eigenvalue weighted by Gasteiger charge is -2.27. The second kappa shape index (κ2) is 6.96. The number of thiazole rings is 1. The molecule has 2 aromatic rings. The third-order valence-electron chi connectivity index (χ3n) is 5.80. The maximum absolute atomic E-state index is 12.8. The van der Waals surface area contributed by atoms with Gasteiger partial charge in [-0.15, -0.1) is 11.3 Å². The van der Waals surface area contributed by atoms with Crippen LogP contribution in [0.25, 0.3) is 0 Å². The number of likely N-dealkylation sites (tertiary alicyclic amines) is 1. The van der Waals surface area contributed by atoms with Gasteiger partial charge in [0.1, 0.15) is 5.75 Å². The van der Waals surface area contributed by atoms with E-state index in [1.54, 1.807) is 21.7 Å². The number of aromatic nitrogens is 1. The van der Waals surface area contributed by atoms with Gasteiger partial charge in [0.15, 0.2) is 0 Å². The van der Waals surface area contributed by atoms with Crippen LogP contribution in [0.2, 0.25) is 0 Å². The molecule has 1 aromatic carbocycles. The number of aliphatic carboxylic acids is 1. The quantitative estimate of drug-likeness (QED) is 0.874. The highest BCUT2D eigenvalue weighted by molar-refractivity contribution is 7.09. The molecule has 0 spiro atoms. The van der Waals surface area contributed by atoms with Crippen molar-refractivity contribution in [1.29, 1.82) is 0 Å². The van der Waals surface area contributed by atoms with Gasteiger partial charge in [0, 0.05) is 30.3 Å². The molecule has 1 saturated heterocycles. The summed E-state index contributed by atoms with van der Waals surface area (Å²) in [5.74, 6) is -0.297. The molecule has 1 N–H and O–H groups in total. The van der Waals surface area contributed by atoms with Crippen LogP contribution in [0.5, 0.6) is 5.75 Å². The first kappa shape index (κ1) is 18.0. The fourth-order valence-electron chi connectivity index (χ4n) is 4.16. The highest BCUT2D eigenvalue weighted by atomic mass is 32.1. The van der Waals surface area contributed by atoms with Crippen LogP contribution in [-0.4, -0.2) is 46.6 Å². The normalized spacial score (nSPS) is 23.9. The van der Waals surface area contributed by atoms with E-state index in [0.29, 0.717) is 32.4 Å². The van der Waals surface area contributed by atoms with E-state index in [4.69, 9.17) is 4.74 Å². The van der Waals surface area contributed by atoms with E-state index in [-0.39, 0.29) is 18.4 Å². The Morgan fingerprint density at radius 2 is 2.22 bits per heavy atom. The van der Waals surface area contributed by atoms with Crippen LogP contribution in [0.15, 0.2) is 29.8 Å². The monoisotopic (exact) mass is 386 g/mol. The summed E-state index contributed by atoms with van der Waals surface area (Å²) < 4.78 is 5.89. The minimum atomic E-state index is -0.983. The van der Waals surface area contributed by atoms with Crippen LogP contribution in [0, 0.1) is 18.3 Å². The van der Waals surface area contributed by atoms with Gasteiger partial charge in [-0.25, -0.2) is 4.98 Å². The molecule has 1 amide bonds. The molecule has 0 unspecified atom stereocenters. The second-order valence-corrected chi connectivity index (χ2v) is 8.33. The van der Waals surface area contributed by atoms with Crippen molar-refractivity contribution in [3.05, 3.63) is 45.9 Å². The van der Waals surface area contributed by atoms with E-state index in [2.05, 4.69) is 4.98 Å². The highest BCUT2D eigenvalue weighted by Gasteiger charge is 2.55. The maximum atomic E-state index is 12.8. The Hall–Kier alpha value is -2.41. The minimum absolute atomic E-state index is 0.00443. The Morgan fingerprint density at radius 1 is 1.41 bits per heavy atom. The number of para-hydroxylation sites is 1. The molecule has 0 saturated carbocycles. The summed E-state index contributed by atoms with van der Waals surface area (Å²) in [4.78, 5) is 32.1. The molecule has 2 aliphatic heterocycles. The first-order valence-corrected chi connectivity index (χ1v) is 9.98. The number of ether oxygens (including phenoxy) is 1. The lowest BCUT2D eigenvalue weighted by Crippen LogP contribution is -2.42. The predicted octanol–water partition coefficient (Wildman–Crippen LogP) is 2.55. The van der Waals surface area contributed by atoms with E-state index in [1.165, 1.54) is 0 Å². The molecule has 142 valence electrons. The lowest BCUT2D eigenvalue weighted by atomic mass is 9.74. The van der Waals surface area contributed by atoms with Crippen LogP contribution in [0.4, 0.5) is 0 Å². The van der Waals surface area contributed by atoms with Gasteiger partial charge in [-0.3, -0.25) is 9.59 Å². The van der Waals surface area contributed by atoms with Crippen LogP contribution in [0.1, 0.15) is 22.6 Å². The maximum Gasteiger partial charge on any atom is 0.312 e. The molecule has 3 heterocycles. The molecule has 2 atom stereocenters. The zero-order valence-corrected chi connectivity index (χ0v) is 16.0. The Labute approximate surface area is 161 Å². The second-order valence-electron chi connectivity index (χ2n) is 7.39. The van der Waals surface area contributed by atoms with Crippen LogP contribution >= 0.6 is 11.3 Å². The number of fused-ring (bicyclic) bond motifs is 2. The van der Waals surface area contributed by atoms with Crippen molar-refractivity contribution in [3.63, 3.8) is 0 Å². The Kier molecular flexibility index (Phi) is 4.63. The summed E-state index contributed by atoms with van der Waals surface area (Å²) >= 11 is 1.56. The molecule has 2 aliphatic rings. The van der Waals surface area contributed by atoms with Crippen molar-refractivity contribution in [2.45, 2.75) is 26.2 Å². The number of carbonyl (C=O) groups is 2. The van der Waals surface area contributed by atoms with Crippen LogP contribution in [0.3, 0.4) is 0 Å². The highest BCUT2D eigenvalue weighted by Crippen LogP contribution is 2.44.